The maximum Gasteiger partial charge on any atom is 0.194 e. The smallest absolute Gasteiger partial charge is 0.194 e. The van der Waals surface area contributed by atoms with Crippen molar-refractivity contribution in [1.29, 1.82) is 0 Å². The van der Waals surface area contributed by atoms with Gasteiger partial charge in [-0.25, -0.2) is 9.37 Å². The number of nitrogens with one attached hydrogen (secondary N) is 1. The van der Waals surface area contributed by atoms with Gasteiger partial charge in [-0.05, 0) is 38.5 Å². The molecule has 2 atom stereocenters. The molecule has 2 unspecified atom stereocenters. The van der Waals surface area contributed by atoms with Crippen molar-refractivity contribution < 1.29 is 9.13 Å². The predicted molar refractivity (Wildman–Crippen MR) is 108 cm³/mol. The van der Waals surface area contributed by atoms with Crippen LogP contribution in [-0.4, -0.2) is 48.1 Å². The van der Waals surface area contributed by atoms with Crippen molar-refractivity contribution in [3.63, 3.8) is 0 Å². The lowest BCUT2D eigenvalue weighted by Gasteiger charge is -2.38. The van der Waals surface area contributed by atoms with E-state index in [-0.39, 0.29) is 18.0 Å². The summed E-state index contributed by atoms with van der Waals surface area (Å²) in [5, 5.41) is 6.57. The molecule has 5 nitrogen and oxygen atoms in total. The molecule has 1 fully saturated rings. The van der Waals surface area contributed by atoms with E-state index in [1.54, 1.807) is 23.5 Å². The Morgan fingerprint density at radius 2 is 2.15 bits per heavy atom. The number of thiazole rings is 1. The van der Waals surface area contributed by atoms with Crippen LogP contribution in [0.3, 0.4) is 0 Å². The monoisotopic (exact) mass is 390 g/mol. The molecule has 0 amide bonds. The van der Waals surface area contributed by atoms with Crippen molar-refractivity contribution in [1.82, 2.24) is 15.2 Å². The third-order valence-electron chi connectivity index (χ3n) is 4.43. The molecule has 1 N–H and O–H groups in total. The number of aryl methyl sites for hydroxylation is 1. The van der Waals surface area contributed by atoms with E-state index in [4.69, 9.17) is 9.73 Å². The van der Waals surface area contributed by atoms with Gasteiger partial charge in [-0.3, -0.25) is 4.99 Å². The van der Waals surface area contributed by atoms with E-state index in [9.17, 15) is 4.39 Å². The number of rotatable bonds is 5. The molecule has 146 valence electrons. The van der Waals surface area contributed by atoms with Crippen LogP contribution in [0.2, 0.25) is 0 Å². The first-order valence-corrected chi connectivity index (χ1v) is 10.3. The molecule has 1 saturated heterocycles. The second-order valence-corrected chi connectivity index (χ2v) is 7.80. The van der Waals surface area contributed by atoms with Crippen LogP contribution in [0.4, 0.5) is 4.39 Å². The Labute approximate surface area is 164 Å². The van der Waals surface area contributed by atoms with Crippen LogP contribution in [0.15, 0.2) is 34.6 Å². The van der Waals surface area contributed by atoms with Crippen LogP contribution in [0.1, 0.15) is 36.2 Å². The summed E-state index contributed by atoms with van der Waals surface area (Å²) in [7, 11) is 0. The van der Waals surface area contributed by atoms with Crippen LogP contribution >= 0.6 is 11.3 Å². The molecule has 0 aliphatic carbocycles. The number of halogens is 1. The maximum absolute atomic E-state index is 13.2. The van der Waals surface area contributed by atoms with Crippen molar-refractivity contribution in [2.45, 2.75) is 39.4 Å². The lowest BCUT2D eigenvalue weighted by Crippen LogP contribution is -2.50. The normalized spacial score (nSPS) is 20.7. The summed E-state index contributed by atoms with van der Waals surface area (Å²) in [6.45, 7) is 9.12. The summed E-state index contributed by atoms with van der Waals surface area (Å²) in [5.74, 6) is 0.665. The van der Waals surface area contributed by atoms with Gasteiger partial charge < -0.3 is 15.0 Å². The van der Waals surface area contributed by atoms with Gasteiger partial charge >= 0.3 is 0 Å². The van der Waals surface area contributed by atoms with E-state index in [0.717, 1.165) is 41.7 Å². The van der Waals surface area contributed by atoms with Gasteiger partial charge in [0, 0.05) is 31.4 Å². The molecular weight excluding hydrogens is 363 g/mol. The van der Waals surface area contributed by atoms with Crippen molar-refractivity contribution in [2.75, 3.05) is 26.2 Å². The Morgan fingerprint density at radius 3 is 2.81 bits per heavy atom. The van der Waals surface area contributed by atoms with Crippen LogP contribution in [0.5, 0.6) is 0 Å². The molecule has 3 rings (SSSR count). The second kappa shape index (κ2) is 9.28. The largest absolute Gasteiger partial charge is 0.367 e. The fourth-order valence-corrected chi connectivity index (χ4v) is 3.86. The highest BCUT2D eigenvalue weighted by Gasteiger charge is 2.28. The second-order valence-electron chi connectivity index (χ2n) is 6.74. The molecule has 7 heteroatoms. The molecule has 1 aromatic carbocycles. The van der Waals surface area contributed by atoms with Crippen LogP contribution in [0.25, 0.3) is 0 Å². The summed E-state index contributed by atoms with van der Waals surface area (Å²) in [4.78, 5) is 11.5. The molecule has 0 spiro atoms. The first-order chi connectivity index (χ1) is 13.0. The molecule has 0 bridgehead atoms. The Kier molecular flexibility index (Phi) is 6.79. The van der Waals surface area contributed by atoms with Gasteiger partial charge in [0.25, 0.3) is 0 Å². The molecule has 2 aromatic rings. The van der Waals surface area contributed by atoms with Gasteiger partial charge in [-0.1, -0.05) is 12.1 Å². The van der Waals surface area contributed by atoms with E-state index in [0.29, 0.717) is 13.1 Å². The SMILES string of the molecule is CCNC(=NCCc1csc(C)n1)N1CC(C)OC(c2ccc(F)cc2)C1. The number of aliphatic imine (C=N–C) groups is 1. The average Bonchev–Trinajstić information content (AvgIpc) is 3.06. The number of hydrogen-bond acceptors (Lipinski definition) is 4. The summed E-state index contributed by atoms with van der Waals surface area (Å²) in [5.41, 5.74) is 2.08. The number of morpholine rings is 1. The first kappa shape index (κ1) is 19.8. The number of benzene rings is 1. The summed E-state index contributed by atoms with van der Waals surface area (Å²) < 4.78 is 19.3. The summed E-state index contributed by atoms with van der Waals surface area (Å²) >= 11 is 1.67. The van der Waals surface area contributed by atoms with Crippen molar-refractivity contribution in [2.24, 2.45) is 4.99 Å². The zero-order valence-corrected chi connectivity index (χ0v) is 16.9. The van der Waals surface area contributed by atoms with Crippen molar-refractivity contribution >= 4 is 17.3 Å². The quantitative estimate of drug-likeness (QED) is 0.626. The minimum atomic E-state index is -0.230. The fraction of sp³-hybridized carbons (Fsp3) is 0.500. The fourth-order valence-electron chi connectivity index (χ4n) is 3.21. The van der Waals surface area contributed by atoms with E-state index in [2.05, 4.69) is 34.4 Å². The number of guanidine groups is 1. The van der Waals surface area contributed by atoms with Gasteiger partial charge in [-0.15, -0.1) is 11.3 Å². The average molecular weight is 391 g/mol. The molecule has 1 aromatic heterocycles. The molecule has 1 aliphatic heterocycles. The predicted octanol–water partition coefficient (Wildman–Crippen LogP) is 3.56. The molecule has 0 saturated carbocycles. The van der Waals surface area contributed by atoms with Crippen LogP contribution in [0, 0.1) is 12.7 Å². The molecule has 1 aliphatic rings. The standard InChI is InChI=1S/C20H27FN4OS/c1-4-22-20(23-10-9-18-13-27-15(3)24-18)25-11-14(2)26-19(12-25)16-5-7-17(21)8-6-16/h5-8,13-14,19H,4,9-12H2,1-3H3,(H,22,23). The molecule has 27 heavy (non-hydrogen) atoms. The lowest BCUT2D eigenvalue weighted by molar-refractivity contribution is -0.0605. The highest BCUT2D eigenvalue weighted by atomic mass is 32.1. The lowest BCUT2D eigenvalue weighted by atomic mass is 10.1. The van der Waals surface area contributed by atoms with Crippen LogP contribution in [-0.2, 0) is 11.2 Å². The van der Waals surface area contributed by atoms with E-state index in [1.165, 1.54) is 12.1 Å². The number of nitrogens with zero attached hydrogens (tertiary/aromatic N) is 3. The van der Waals surface area contributed by atoms with Gasteiger partial charge in [0.05, 0.1) is 23.4 Å². The maximum atomic E-state index is 13.2. The van der Waals surface area contributed by atoms with Crippen LogP contribution < -0.4 is 5.32 Å². The number of hydrogen-bond donors (Lipinski definition) is 1. The minimum absolute atomic E-state index is 0.0684. The first-order valence-electron chi connectivity index (χ1n) is 9.40. The summed E-state index contributed by atoms with van der Waals surface area (Å²) in [6.07, 6.45) is 0.804. The Hall–Kier alpha value is -1.99. The topological polar surface area (TPSA) is 49.8 Å². The Morgan fingerprint density at radius 1 is 1.37 bits per heavy atom. The molecule has 0 radical (unpaired) electrons. The van der Waals surface area contributed by atoms with Gasteiger partial charge in [-0.2, -0.15) is 0 Å². The Balaban J connectivity index is 1.69. The number of ether oxygens (including phenoxy) is 1. The molecular formula is C20H27FN4OS. The Bertz CT molecular complexity index is 762. The van der Waals surface area contributed by atoms with E-state index >= 15 is 0 Å². The highest BCUT2D eigenvalue weighted by molar-refractivity contribution is 7.09. The third kappa shape index (κ3) is 5.49. The van der Waals surface area contributed by atoms with Crippen molar-refractivity contribution in [3.8, 4) is 0 Å². The highest BCUT2D eigenvalue weighted by Crippen LogP contribution is 2.25. The van der Waals surface area contributed by atoms with Crippen molar-refractivity contribution in [3.05, 3.63) is 51.7 Å². The molecule has 2 heterocycles. The third-order valence-corrected chi connectivity index (χ3v) is 5.25. The zero-order chi connectivity index (χ0) is 19.2. The van der Waals surface area contributed by atoms with E-state index < -0.39 is 0 Å². The van der Waals surface area contributed by atoms with Gasteiger partial charge in [0.1, 0.15) is 11.9 Å². The van der Waals surface area contributed by atoms with Gasteiger partial charge in [0.2, 0.25) is 0 Å². The summed E-state index contributed by atoms with van der Waals surface area (Å²) in [6, 6.07) is 6.56. The minimum Gasteiger partial charge on any atom is -0.367 e. The van der Waals surface area contributed by atoms with Gasteiger partial charge in [0.15, 0.2) is 5.96 Å². The zero-order valence-electron chi connectivity index (χ0n) is 16.1. The number of aromatic nitrogens is 1. The van der Waals surface area contributed by atoms with E-state index in [1.807, 2.05) is 6.92 Å².